The summed E-state index contributed by atoms with van der Waals surface area (Å²) >= 11 is 1.40. The predicted molar refractivity (Wildman–Crippen MR) is 91.9 cm³/mol. The Labute approximate surface area is 142 Å². The molecule has 0 saturated heterocycles. The lowest BCUT2D eigenvalue weighted by atomic mass is 10.1. The van der Waals surface area contributed by atoms with Gasteiger partial charge < -0.3 is 24.6 Å². The van der Waals surface area contributed by atoms with Crippen LogP contribution in [0.2, 0.25) is 0 Å². The number of thiazole rings is 1. The van der Waals surface area contributed by atoms with E-state index in [1.165, 1.54) is 17.4 Å². The van der Waals surface area contributed by atoms with Crippen LogP contribution < -0.4 is 9.54 Å². The summed E-state index contributed by atoms with van der Waals surface area (Å²) in [5.74, 6) is -0.501. The van der Waals surface area contributed by atoms with Crippen LogP contribution >= 0.6 is 11.3 Å². The van der Waals surface area contributed by atoms with Gasteiger partial charge in [0, 0.05) is 18.0 Å². The third kappa shape index (κ3) is 2.81. The Hall–Kier alpha value is -2.93. The third-order valence-corrected chi connectivity index (χ3v) is 4.54. The minimum Gasteiger partial charge on any atom is -0.504 e. The maximum Gasteiger partial charge on any atom is 0.200 e. The van der Waals surface area contributed by atoms with Crippen LogP contribution in [-0.4, -0.2) is 27.0 Å². The monoisotopic (exact) mass is 344 g/mol. The van der Waals surface area contributed by atoms with E-state index in [2.05, 4.69) is 4.99 Å². The summed E-state index contributed by atoms with van der Waals surface area (Å²) in [5.41, 5.74) is 1.87. The van der Waals surface area contributed by atoms with Gasteiger partial charge in [-0.15, -0.1) is 11.3 Å². The maximum absolute atomic E-state index is 10.0. The lowest BCUT2D eigenvalue weighted by Gasteiger charge is -2.08. The lowest BCUT2D eigenvalue weighted by molar-refractivity contribution is 0.369. The Kier molecular flexibility index (Phi) is 4.18. The van der Waals surface area contributed by atoms with Crippen LogP contribution in [-0.2, 0) is 7.05 Å². The molecule has 2 aromatic carbocycles. The summed E-state index contributed by atoms with van der Waals surface area (Å²) in [4.78, 5) is 5.29. The van der Waals surface area contributed by atoms with Crippen molar-refractivity contribution < 1.29 is 20.1 Å². The number of phenolic OH excluding ortho intramolecular Hbond substituents is 3. The highest BCUT2D eigenvalue weighted by atomic mass is 32.1. The van der Waals surface area contributed by atoms with Gasteiger partial charge in [0.05, 0.1) is 18.5 Å². The number of ether oxygens (including phenoxy) is 1. The summed E-state index contributed by atoms with van der Waals surface area (Å²) in [5, 5.41) is 31.0. The zero-order valence-electron chi connectivity index (χ0n) is 13.1. The second-order valence-corrected chi connectivity index (χ2v) is 5.94. The first-order chi connectivity index (χ1) is 11.5. The number of methoxy groups -OCH3 is 1. The Bertz CT molecular complexity index is 942. The molecule has 3 rings (SSSR count). The average molecular weight is 344 g/mol. The first kappa shape index (κ1) is 15.9. The molecule has 0 amide bonds. The summed E-state index contributed by atoms with van der Waals surface area (Å²) < 4.78 is 6.93. The van der Waals surface area contributed by atoms with Gasteiger partial charge in [0.15, 0.2) is 16.3 Å². The van der Waals surface area contributed by atoms with Crippen LogP contribution in [0.3, 0.4) is 0 Å². The van der Waals surface area contributed by atoms with Crippen molar-refractivity contribution in [2.45, 2.75) is 0 Å². The summed E-state index contributed by atoms with van der Waals surface area (Å²) in [7, 11) is 3.43. The largest absolute Gasteiger partial charge is 0.504 e. The van der Waals surface area contributed by atoms with Crippen molar-refractivity contribution in [1.82, 2.24) is 4.57 Å². The van der Waals surface area contributed by atoms with Crippen molar-refractivity contribution in [3.05, 3.63) is 46.6 Å². The minimum absolute atomic E-state index is 0.362. The summed E-state index contributed by atoms with van der Waals surface area (Å²) in [6, 6.07) is 10.2. The van der Waals surface area contributed by atoms with Crippen molar-refractivity contribution in [3.63, 3.8) is 0 Å². The van der Waals surface area contributed by atoms with Gasteiger partial charge in [-0.05, 0) is 36.4 Å². The van der Waals surface area contributed by atoms with E-state index in [-0.39, 0.29) is 11.5 Å². The van der Waals surface area contributed by atoms with Crippen molar-refractivity contribution in [1.29, 1.82) is 0 Å². The third-order valence-electron chi connectivity index (χ3n) is 3.63. The van der Waals surface area contributed by atoms with Crippen molar-refractivity contribution in [3.8, 4) is 34.3 Å². The molecule has 24 heavy (non-hydrogen) atoms. The summed E-state index contributed by atoms with van der Waals surface area (Å²) in [6.07, 6.45) is 0. The number of hydrogen-bond donors (Lipinski definition) is 3. The fourth-order valence-electron chi connectivity index (χ4n) is 2.26. The van der Waals surface area contributed by atoms with Crippen LogP contribution in [0, 0.1) is 0 Å². The second kappa shape index (κ2) is 6.29. The molecule has 0 fully saturated rings. The van der Waals surface area contributed by atoms with E-state index in [9.17, 15) is 15.3 Å². The highest BCUT2D eigenvalue weighted by Crippen LogP contribution is 2.41. The van der Waals surface area contributed by atoms with Crippen molar-refractivity contribution in [2.75, 3.05) is 7.11 Å². The minimum atomic E-state index is -0.535. The molecule has 0 unspecified atom stereocenters. The first-order valence-corrected chi connectivity index (χ1v) is 7.97. The molecule has 7 heteroatoms. The van der Waals surface area contributed by atoms with Gasteiger partial charge in [0.2, 0.25) is 5.75 Å². The maximum atomic E-state index is 10.0. The fourth-order valence-corrected chi connectivity index (χ4v) is 3.17. The molecule has 1 aromatic heterocycles. The number of aromatic hydroxyl groups is 3. The average Bonchev–Trinajstić information content (AvgIpc) is 2.94. The molecule has 0 bridgehead atoms. The topological polar surface area (TPSA) is 87.2 Å². The van der Waals surface area contributed by atoms with E-state index < -0.39 is 5.75 Å². The molecule has 0 radical (unpaired) electrons. The van der Waals surface area contributed by atoms with Crippen molar-refractivity contribution in [2.24, 2.45) is 12.0 Å². The van der Waals surface area contributed by atoms with Crippen LogP contribution in [0.15, 0.2) is 46.8 Å². The van der Waals surface area contributed by atoms with Gasteiger partial charge in [-0.1, -0.05) is 0 Å². The molecule has 3 aromatic rings. The zero-order chi connectivity index (χ0) is 17.3. The molecular formula is C17H16N2O4S. The number of benzene rings is 2. The lowest BCUT2D eigenvalue weighted by Crippen LogP contribution is -2.10. The van der Waals surface area contributed by atoms with Crippen LogP contribution in [0.5, 0.6) is 23.0 Å². The van der Waals surface area contributed by atoms with Crippen LogP contribution in [0.1, 0.15) is 0 Å². The van der Waals surface area contributed by atoms with Crippen LogP contribution in [0.25, 0.3) is 11.3 Å². The molecule has 6 nitrogen and oxygen atoms in total. The standard InChI is InChI=1S/C17H16N2O4S/c1-19-13(12-7-8-14(20)16(22)15(12)21)9-24-17(19)18-10-3-5-11(23-2)6-4-10/h3-9,20-22H,1-2H3. The summed E-state index contributed by atoms with van der Waals surface area (Å²) in [6.45, 7) is 0. The Morgan fingerprint density at radius 2 is 1.71 bits per heavy atom. The van der Waals surface area contributed by atoms with Gasteiger partial charge >= 0.3 is 0 Å². The molecule has 1 heterocycles. The number of nitrogens with zero attached hydrogens (tertiary/aromatic N) is 2. The van der Waals surface area contributed by atoms with E-state index in [0.717, 1.165) is 16.2 Å². The van der Waals surface area contributed by atoms with Gasteiger partial charge in [0.25, 0.3) is 0 Å². The van der Waals surface area contributed by atoms with E-state index in [1.807, 2.05) is 36.7 Å². The van der Waals surface area contributed by atoms with Crippen molar-refractivity contribution >= 4 is 17.0 Å². The molecule has 0 atom stereocenters. The Morgan fingerprint density at radius 1 is 1.00 bits per heavy atom. The number of aromatic nitrogens is 1. The van der Waals surface area contributed by atoms with E-state index in [1.54, 1.807) is 17.7 Å². The molecule has 0 aliphatic rings. The smallest absolute Gasteiger partial charge is 0.200 e. The van der Waals surface area contributed by atoms with E-state index >= 15 is 0 Å². The Balaban J connectivity index is 2.05. The van der Waals surface area contributed by atoms with Gasteiger partial charge in [0.1, 0.15) is 5.75 Å². The highest BCUT2D eigenvalue weighted by Gasteiger charge is 2.15. The molecule has 0 aliphatic carbocycles. The molecule has 0 aliphatic heterocycles. The number of hydrogen-bond acceptors (Lipinski definition) is 6. The van der Waals surface area contributed by atoms with Gasteiger partial charge in [-0.3, -0.25) is 0 Å². The van der Waals surface area contributed by atoms with E-state index in [0.29, 0.717) is 11.3 Å². The molecule has 3 N–H and O–H groups in total. The highest BCUT2D eigenvalue weighted by molar-refractivity contribution is 7.07. The van der Waals surface area contributed by atoms with Crippen LogP contribution in [0.4, 0.5) is 5.69 Å². The molecule has 0 spiro atoms. The Morgan fingerprint density at radius 3 is 2.38 bits per heavy atom. The second-order valence-electron chi connectivity index (χ2n) is 5.10. The quantitative estimate of drug-likeness (QED) is 0.637. The first-order valence-electron chi connectivity index (χ1n) is 7.09. The van der Waals surface area contributed by atoms with Gasteiger partial charge in [-0.25, -0.2) is 4.99 Å². The normalized spacial score (nSPS) is 11.7. The SMILES string of the molecule is COc1ccc(N=c2scc(-c3ccc(O)c(O)c3O)n2C)cc1. The molecule has 0 saturated carbocycles. The number of rotatable bonds is 3. The predicted octanol–water partition coefficient (Wildman–Crippen LogP) is 3.11. The number of phenols is 3. The van der Waals surface area contributed by atoms with E-state index in [4.69, 9.17) is 4.74 Å². The zero-order valence-corrected chi connectivity index (χ0v) is 13.9. The molecule has 124 valence electrons. The molecular weight excluding hydrogens is 328 g/mol. The van der Waals surface area contributed by atoms with Gasteiger partial charge in [-0.2, -0.15) is 0 Å². The fraction of sp³-hybridized carbons (Fsp3) is 0.118.